The average molecular weight is 296 g/mol. The summed E-state index contributed by atoms with van der Waals surface area (Å²) in [6, 6.07) is 11.5. The van der Waals surface area contributed by atoms with Crippen molar-refractivity contribution in [3.05, 3.63) is 71.8 Å². The van der Waals surface area contributed by atoms with Crippen molar-refractivity contribution in [3.8, 4) is 16.8 Å². The SMILES string of the molecule is Cc1ccc(-n2cc(-c3ccc(C(=O)O)cc3)cn2)cc1F. The summed E-state index contributed by atoms with van der Waals surface area (Å²) in [5, 5.41) is 13.1. The van der Waals surface area contributed by atoms with Crippen molar-refractivity contribution in [2.45, 2.75) is 6.92 Å². The minimum absolute atomic E-state index is 0.233. The lowest BCUT2D eigenvalue weighted by molar-refractivity contribution is 0.0697. The van der Waals surface area contributed by atoms with Crippen LogP contribution in [0.1, 0.15) is 15.9 Å². The van der Waals surface area contributed by atoms with Gasteiger partial charge < -0.3 is 5.11 Å². The molecular formula is C17H13FN2O2. The summed E-state index contributed by atoms with van der Waals surface area (Å²) in [6.07, 6.45) is 3.44. The van der Waals surface area contributed by atoms with Gasteiger partial charge >= 0.3 is 5.97 Å². The number of hydrogen-bond donors (Lipinski definition) is 1. The van der Waals surface area contributed by atoms with Crippen molar-refractivity contribution < 1.29 is 14.3 Å². The van der Waals surface area contributed by atoms with Crippen molar-refractivity contribution in [1.82, 2.24) is 9.78 Å². The van der Waals surface area contributed by atoms with Gasteiger partial charge in [-0.1, -0.05) is 18.2 Å². The molecule has 5 heteroatoms. The Morgan fingerprint density at radius 3 is 2.50 bits per heavy atom. The number of aromatic nitrogens is 2. The molecule has 3 rings (SSSR count). The number of halogens is 1. The summed E-state index contributed by atoms with van der Waals surface area (Å²) < 4.78 is 15.2. The quantitative estimate of drug-likeness (QED) is 0.802. The van der Waals surface area contributed by atoms with E-state index in [4.69, 9.17) is 5.11 Å². The number of benzene rings is 2. The number of carboxylic acid groups (broad SMARTS) is 1. The lowest BCUT2D eigenvalue weighted by atomic mass is 10.1. The molecule has 1 N–H and O–H groups in total. The van der Waals surface area contributed by atoms with E-state index in [0.717, 1.165) is 11.1 Å². The lowest BCUT2D eigenvalue weighted by Gasteiger charge is -2.03. The first-order valence-corrected chi connectivity index (χ1v) is 6.69. The molecule has 1 heterocycles. The second kappa shape index (κ2) is 5.44. The standard InChI is InChI=1S/C17H13FN2O2/c1-11-2-7-15(8-16(11)18)20-10-14(9-19-20)12-3-5-13(6-4-12)17(21)22/h2-10H,1H3,(H,21,22). The van der Waals surface area contributed by atoms with E-state index in [1.54, 1.807) is 60.4 Å². The van der Waals surface area contributed by atoms with Crippen LogP contribution in [0.3, 0.4) is 0 Å². The Labute approximate surface area is 126 Å². The van der Waals surface area contributed by atoms with Gasteiger partial charge in [0.1, 0.15) is 5.82 Å². The van der Waals surface area contributed by atoms with Crippen molar-refractivity contribution in [2.75, 3.05) is 0 Å². The first kappa shape index (κ1) is 14.0. The predicted octanol–water partition coefficient (Wildman–Crippen LogP) is 3.69. The Morgan fingerprint density at radius 1 is 1.14 bits per heavy atom. The van der Waals surface area contributed by atoms with Gasteiger partial charge in [-0.05, 0) is 42.3 Å². The average Bonchev–Trinajstić information content (AvgIpc) is 3.00. The van der Waals surface area contributed by atoms with Crippen molar-refractivity contribution in [2.24, 2.45) is 0 Å². The summed E-state index contributed by atoms with van der Waals surface area (Å²) in [7, 11) is 0. The Morgan fingerprint density at radius 2 is 1.86 bits per heavy atom. The van der Waals surface area contributed by atoms with Crippen LogP contribution in [0.15, 0.2) is 54.9 Å². The monoisotopic (exact) mass is 296 g/mol. The Bertz CT molecular complexity index is 838. The second-order valence-electron chi connectivity index (χ2n) is 4.99. The number of rotatable bonds is 3. The minimum atomic E-state index is -0.961. The summed E-state index contributed by atoms with van der Waals surface area (Å²) in [5.41, 5.74) is 3.13. The molecule has 2 aromatic carbocycles. The molecule has 3 aromatic rings. The Balaban J connectivity index is 1.93. The maximum Gasteiger partial charge on any atom is 0.335 e. The third kappa shape index (κ3) is 2.61. The van der Waals surface area contributed by atoms with E-state index in [0.29, 0.717) is 11.3 Å². The van der Waals surface area contributed by atoms with Gasteiger partial charge in [0.2, 0.25) is 0 Å². The van der Waals surface area contributed by atoms with Crippen molar-refractivity contribution in [1.29, 1.82) is 0 Å². The number of nitrogens with zero attached hydrogens (tertiary/aromatic N) is 2. The van der Waals surface area contributed by atoms with Crippen LogP contribution in [-0.2, 0) is 0 Å². The molecule has 1 aromatic heterocycles. The molecule has 0 aliphatic rings. The maximum atomic E-state index is 13.6. The summed E-state index contributed by atoms with van der Waals surface area (Å²) >= 11 is 0. The fourth-order valence-corrected chi connectivity index (χ4v) is 2.14. The molecule has 0 fully saturated rings. The van der Waals surface area contributed by atoms with Gasteiger partial charge in [0.15, 0.2) is 0 Å². The van der Waals surface area contributed by atoms with Gasteiger partial charge in [-0.3, -0.25) is 0 Å². The molecule has 0 unspecified atom stereocenters. The van der Waals surface area contributed by atoms with Gasteiger partial charge in [0.05, 0.1) is 17.4 Å². The summed E-state index contributed by atoms with van der Waals surface area (Å²) in [6.45, 7) is 1.71. The minimum Gasteiger partial charge on any atom is -0.478 e. The molecule has 0 spiro atoms. The molecule has 4 nitrogen and oxygen atoms in total. The molecule has 0 bridgehead atoms. The van der Waals surface area contributed by atoms with E-state index < -0.39 is 5.97 Å². The van der Waals surface area contributed by atoms with Gasteiger partial charge in [0, 0.05) is 11.8 Å². The Kier molecular flexibility index (Phi) is 3.47. The van der Waals surface area contributed by atoms with Gasteiger partial charge in [0.25, 0.3) is 0 Å². The highest BCUT2D eigenvalue weighted by Crippen LogP contribution is 2.21. The van der Waals surface area contributed by atoms with E-state index in [1.807, 2.05) is 0 Å². The van der Waals surface area contributed by atoms with Gasteiger partial charge in [-0.15, -0.1) is 0 Å². The topological polar surface area (TPSA) is 55.1 Å². The van der Waals surface area contributed by atoms with E-state index in [2.05, 4.69) is 5.10 Å². The zero-order chi connectivity index (χ0) is 15.7. The summed E-state index contributed by atoms with van der Waals surface area (Å²) in [5.74, 6) is -1.24. The van der Waals surface area contributed by atoms with Crippen LogP contribution in [0.2, 0.25) is 0 Å². The molecule has 0 atom stereocenters. The van der Waals surface area contributed by atoms with E-state index >= 15 is 0 Å². The van der Waals surface area contributed by atoms with Gasteiger partial charge in [-0.2, -0.15) is 5.10 Å². The summed E-state index contributed by atoms with van der Waals surface area (Å²) in [4.78, 5) is 10.8. The first-order chi connectivity index (χ1) is 10.5. The van der Waals surface area contributed by atoms with Crippen LogP contribution < -0.4 is 0 Å². The van der Waals surface area contributed by atoms with E-state index in [1.165, 1.54) is 6.07 Å². The second-order valence-corrected chi connectivity index (χ2v) is 4.99. The normalized spacial score (nSPS) is 10.6. The number of carbonyl (C=O) groups is 1. The molecule has 0 saturated heterocycles. The lowest BCUT2D eigenvalue weighted by Crippen LogP contribution is -1.96. The van der Waals surface area contributed by atoms with Gasteiger partial charge in [-0.25, -0.2) is 13.9 Å². The van der Waals surface area contributed by atoms with Crippen molar-refractivity contribution in [3.63, 3.8) is 0 Å². The van der Waals surface area contributed by atoms with Crippen LogP contribution in [0.5, 0.6) is 0 Å². The molecule has 110 valence electrons. The third-order valence-electron chi connectivity index (χ3n) is 3.47. The van der Waals surface area contributed by atoms with Crippen LogP contribution in [0.4, 0.5) is 4.39 Å². The number of hydrogen-bond acceptors (Lipinski definition) is 2. The van der Waals surface area contributed by atoms with E-state index in [-0.39, 0.29) is 11.4 Å². The molecule has 0 aliphatic heterocycles. The number of aromatic carboxylic acids is 1. The molecule has 0 amide bonds. The molecular weight excluding hydrogens is 283 g/mol. The molecule has 22 heavy (non-hydrogen) atoms. The number of aryl methyl sites for hydroxylation is 1. The predicted molar refractivity (Wildman–Crippen MR) is 80.7 cm³/mol. The highest BCUT2D eigenvalue weighted by atomic mass is 19.1. The first-order valence-electron chi connectivity index (χ1n) is 6.69. The molecule has 0 saturated carbocycles. The van der Waals surface area contributed by atoms with E-state index in [9.17, 15) is 9.18 Å². The van der Waals surface area contributed by atoms with Crippen LogP contribution in [0, 0.1) is 12.7 Å². The maximum absolute atomic E-state index is 13.6. The Hall–Kier alpha value is -2.95. The molecule has 0 aliphatic carbocycles. The fraction of sp³-hybridized carbons (Fsp3) is 0.0588. The fourth-order valence-electron chi connectivity index (χ4n) is 2.14. The zero-order valence-corrected chi connectivity index (χ0v) is 11.8. The van der Waals surface area contributed by atoms with Crippen molar-refractivity contribution >= 4 is 5.97 Å². The zero-order valence-electron chi connectivity index (χ0n) is 11.8. The highest BCUT2D eigenvalue weighted by molar-refractivity contribution is 5.88. The van der Waals surface area contributed by atoms with Crippen LogP contribution in [-0.4, -0.2) is 20.9 Å². The smallest absolute Gasteiger partial charge is 0.335 e. The third-order valence-corrected chi connectivity index (χ3v) is 3.47. The number of carboxylic acids is 1. The highest BCUT2D eigenvalue weighted by Gasteiger charge is 2.07. The molecule has 0 radical (unpaired) electrons. The van der Waals surface area contributed by atoms with Crippen LogP contribution >= 0.6 is 0 Å². The van der Waals surface area contributed by atoms with Crippen LogP contribution in [0.25, 0.3) is 16.8 Å². The largest absolute Gasteiger partial charge is 0.478 e.